The Hall–Kier alpha value is -3.97. The van der Waals surface area contributed by atoms with Gasteiger partial charge in [0.2, 0.25) is 0 Å². The minimum absolute atomic E-state index is 0.160. The van der Waals surface area contributed by atoms with Gasteiger partial charge in [-0.3, -0.25) is 0 Å². The summed E-state index contributed by atoms with van der Waals surface area (Å²) in [5, 5.41) is 0. The van der Waals surface area contributed by atoms with Gasteiger partial charge in [-0.2, -0.15) is 0 Å². The first-order chi connectivity index (χ1) is 29.2. The van der Waals surface area contributed by atoms with Crippen molar-refractivity contribution < 1.29 is 4.39 Å². The Balaban J connectivity index is 0.000000395. The van der Waals surface area contributed by atoms with Gasteiger partial charge in [0, 0.05) is 0 Å². The van der Waals surface area contributed by atoms with Gasteiger partial charge >= 0.3 is 0 Å². The second-order valence-corrected chi connectivity index (χ2v) is 21.8. The lowest BCUT2D eigenvalue weighted by Crippen LogP contribution is -2.16. The standard InChI is InChI=1S/C15H24.C13H20.C12H18.C11H15F.C11H16/c1-7-15(5,6)13-10-8-12(9-11-13)14(2,3)4;1-5-11-7-9-12(10-8-11)13(3,4)6-2;1-5-12(3,4)11-8-6-10(2)7-9-11;1-4-11(2,3)9-5-7-10(12)8-6-9;1-4-11(2,3)10-8-6-5-7-9-10/h8-11H,7H2,1-6H3;7-10H,5-6H2,1-4H3;6-9H,5H2,1-4H3;5-8H,4H2,1-3H3;5-9H,4H2,1-3H3. The second kappa shape index (κ2) is 25.5. The highest BCUT2D eigenvalue weighted by Crippen LogP contribution is 2.31. The third-order valence-electron chi connectivity index (χ3n) is 14.1. The fraction of sp³-hybridized carbons (Fsp3) is 0.516. The predicted octanol–water partition coefficient (Wildman–Crippen LogP) is 19.2. The molecule has 0 bridgehead atoms. The molecular formula is C62H93F. The van der Waals surface area contributed by atoms with Crippen molar-refractivity contribution in [2.24, 2.45) is 0 Å². The first-order valence-corrected chi connectivity index (χ1v) is 24.2. The van der Waals surface area contributed by atoms with E-state index in [2.05, 4.69) is 242 Å². The molecular weight excluding hydrogens is 764 g/mol. The van der Waals surface area contributed by atoms with Crippen LogP contribution in [0.4, 0.5) is 4.39 Å². The van der Waals surface area contributed by atoms with Gasteiger partial charge in [0.15, 0.2) is 0 Å². The van der Waals surface area contributed by atoms with Crippen LogP contribution in [0.3, 0.4) is 0 Å². The number of rotatable bonds is 11. The molecule has 0 amide bonds. The van der Waals surface area contributed by atoms with Gasteiger partial charge in [0.1, 0.15) is 5.82 Å². The SMILES string of the molecule is CCC(C)(C)c1ccc(C(C)(C)C)cc1.CCC(C)(C)c1ccc(C)cc1.CCC(C)(C)c1ccc(F)cc1.CCC(C)(C)c1ccccc1.CCc1ccc(C(C)(C)CC)cc1. The molecule has 0 saturated heterocycles. The molecule has 0 saturated carbocycles. The highest BCUT2D eigenvalue weighted by Gasteiger charge is 2.21. The molecule has 0 aromatic heterocycles. The Bertz CT molecular complexity index is 1890. The molecule has 0 atom stereocenters. The summed E-state index contributed by atoms with van der Waals surface area (Å²) >= 11 is 0. The summed E-state index contributed by atoms with van der Waals surface area (Å²) in [6.45, 7) is 44.9. The van der Waals surface area contributed by atoms with E-state index in [1.54, 1.807) is 0 Å². The molecule has 63 heavy (non-hydrogen) atoms. The largest absolute Gasteiger partial charge is 0.207 e. The molecule has 0 radical (unpaired) electrons. The average molecular weight is 857 g/mol. The number of halogens is 1. The molecule has 0 nitrogen and oxygen atoms in total. The lowest BCUT2D eigenvalue weighted by atomic mass is 9.80. The quantitative estimate of drug-likeness (QED) is 0.124. The highest BCUT2D eigenvalue weighted by molar-refractivity contribution is 5.32. The zero-order valence-corrected chi connectivity index (χ0v) is 44.2. The van der Waals surface area contributed by atoms with Crippen molar-refractivity contribution >= 4 is 0 Å². The zero-order chi connectivity index (χ0) is 48.3. The number of benzene rings is 5. The van der Waals surface area contributed by atoms with E-state index in [1.807, 2.05) is 12.1 Å². The lowest BCUT2D eigenvalue weighted by Gasteiger charge is -2.25. The summed E-state index contributed by atoms with van der Waals surface area (Å²) in [6.07, 6.45) is 6.96. The van der Waals surface area contributed by atoms with Crippen molar-refractivity contribution in [2.45, 2.75) is 209 Å². The van der Waals surface area contributed by atoms with Crippen molar-refractivity contribution in [3.63, 3.8) is 0 Å². The molecule has 0 aliphatic rings. The van der Waals surface area contributed by atoms with Crippen molar-refractivity contribution in [1.29, 1.82) is 0 Å². The number of hydrogen-bond acceptors (Lipinski definition) is 0. The van der Waals surface area contributed by atoms with Crippen molar-refractivity contribution in [3.8, 4) is 0 Å². The Morgan fingerprint density at radius 3 is 0.857 bits per heavy atom. The van der Waals surface area contributed by atoms with Crippen molar-refractivity contribution in [3.05, 3.63) is 178 Å². The first kappa shape index (κ1) is 57.0. The van der Waals surface area contributed by atoms with Gasteiger partial charge < -0.3 is 0 Å². The van der Waals surface area contributed by atoms with Crippen molar-refractivity contribution in [1.82, 2.24) is 0 Å². The van der Waals surface area contributed by atoms with Crippen LogP contribution in [0.25, 0.3) is 0 Å². The van der Waals surface area contributed by atoms with Crippen LogP contribution in [0.15, 0.2) is 127 Å². The van der Waals surface area contributed by atoms with Crippen LogP contribution in [0, 0.1) is 12.7 Å². The van der Waals surface area contributed by atoms with Crippen molar-refractivity contribution in [2.75, 3.05) is 0 Å². The summed E-state index contributed by atoms with van der Waals surface area (Å²) in [4.78, 5) is 0. The number of hydrogen-bond donors (Lipinski definition) is 0. The van der Waals surface area contributed by atoms with E-state index in [9.17, 15) is 4.39 Å². The molecule has 5 aromatic carbocycles. The van der Waals surface area contributed by atoms with E-state index in [0.29, 0.717) is 21.7 Å². The average Bonchev–Trinajstić information content (AvgIpc) is 3.27. The summed E-state index contributed by atoms with van der Waals surface area (Å²) in [5.41, 5.74) is 12.9. The molecule has 0 heterocycles. The van der Waals surface area contributed by atoms with E-state index in [0.717, 1.165) is 12.8 Å². The maximum absolute atomic E-state index is 12.6. The molecule has 0 N–H and O–H groups in total. The summed E-state index contributed by atoms with van der Waals surface area (Å²) < 4.78 is 12.6. The van der Waals surface area contributed by atoms with Gasteiger partial charge in [-0.15, -0.1) is 0 Å². The Kier molecular flexibility index (Phi) is 23.1. The van der Waals surface area contributed by atoms with Crippen LogP contribution >= 0.6 is 0 Å². The third-order valence-corrected chi connectivity index (χ3v) is 14.1. The van der Waals surface area contributed by atoms with E-state index in [-0.39, 0.29) is 16.6 Å². The molecule has 5 rings (SSSR count). The van der Waals surface area contributed by atoms with Crippen LogP contribution in [-0.4, -0.2) is 0 Å². The second-order valence-electron chi connectivity index (χ2n) is 21.8. The first-order valence-electron chi connectivity index (χ1n) is 24.2. The van der Waals surface area contributed by atoms with E-state index < -0.39 is 0 Å². The Morgan fingerprint density at radius 1 is 0.317 bits per heavy atom. The summed E-state index contributed by atoms with van der Waals surface area (Å²) in [5.74, 6) is -0.161. The monoisotopic (exact) mass is 857 g/mol. The van der Waals surface area contributed by atoms with Crippen LogP contribution in [0.1, 0.15) is 208 Å². The zero-order valence-electron chi connectivity index (χ0n) is 44.2. The van der Waals surface area contributed by atoms with Gasteiger partial charge in [-0.05, 0) is 129 Å². The lowest BCUT2D eigenvalue weighted by molar-refractivity contribution is 0.504. The predicted molar refractivity (Wildman–Crippen MR) is 282 cm³/mol. The minimum Gasteiger partial charge on any atom is -0.207 e. The fourth-order valence-electron chi connectivity index (χ4n) is 6.43. The van der Waals surface area contributed by atoms with Gasteiger partial charge in [-0.25, -0.2) is 4.39 Å². The molecule has 5 aromatic rings. The molecule has 348 valence electrons. The fourth-order valence-corrected chi connectivity index (χ4v) is 6.43. The normalized spacial score (nSPS) is 12.0. The smallest absolute Gasteiger partial charge is 0.123 e. The maximum Gasteiger partial charge on any atom is 0.123 e. The van der Waals surface area contributed by atoms with E-state index in [4.69, 9.17) is 0 Å². The third kappa shape index (κ3) is 19.4. The molecule has 1 heteroatoms. The van der Waals surface area contributed by atoms with Crippen LogP contribution in [0.5, 0.6) is 0 Å². The molecule has 0 aliphatic heterocycles. The van der Waals surface area contributed by atoms with Crippen LogP contribution < -0.4 is 0 Å². The maximum atomic E-state index is 12.6. The topological polar surface area (TPSA) is 0 Å². The highest BCUT2D eigenvalue weighted by atomic mass is 19.1. The number of aryl methyl sites for hydroxylation is 2. The van der Waals surface area contributed by atoms with Crippen LogP contribution in [0.2, 0.25) is 0 Å². The molecule has 0 fully saturated rings. The Morgan fingerprint density at radius 2 is 0.571 bits per heavy atom. The van der Waals surface area contributed by atoms with E-state index in [1.165, 1.54) is 82.3 Å². The minimum atomic E-state index is -0.161. The summed E-state index contributed by atoms with van der Waals surface area (Å²) in [7, 11) is 0. The summed E-state index contributed by atoms with van der Waals surface area (Å²) in [6, 6.07) is 44.4. The van der Waals surface area contributed by atoms with Gasteiger partial charge in [0.25, 0.3) is 0 Å². The molecule has 0 spiro atoms. The molecule has 0 aliphatic carbocycles. The van der Waals surface area contributed by atoms with Gasteiger partial charge in [-0.1, -0.05) is 252 Å². The Labute approximate surface area is 390 Å². The molecule has 0 unspecified atom stereocenters. The van der Waals surface area contributed by atoms with Gasteiger partial charge in [0.05, 0.1) is 0 Å². The van der Waals surface area contributed by atoms with Crippen LogP contribution in [-0.2, 0) is 38.9 Å². The van der Waals surface area contributed by atoms with E-state index >= 15 is 0 Å².